The molecule has 25 heavy (non-hydrogen) atoms. The Balaban J connectivity index is 1.49. The van der Waals surface area contributed by atoms with Gasteiger partial charge in [-0.25, -0.2) is 4.68 Å². The Hall–Kier alpha value is -1.57. The lowest BCUT2D eigenvalue weighted by Crippen LogP contribution is -2.30. The molecule has 0 atom stereocenters. The van der Waals surface area contributed by atoms with Gasteiger partial charge in [0.15, 0.2) is 5.69 Å². The molecule has 1 amide bonds. The zero-order chi connectivity index (χ0) is 17.6. The third kappa shape index (κ3) is 4.74. The number of carbonyl (C=O) groups excluding carboxylic acids is 1. The van der Waals surface area contributed by atoms with Crippen molar-refractivity contribution in [2.24, 2.45) is 0 Å². The number of hydrogen-bond acceptors (Lipinski definition) is 5. The Labute approximate surface area is 156 Å². The van der Waals surface area contributed by atoms with Gasteiger partial charge in [0.1, 0.15) is 0 Å². The van der Waals surface area contributed by atoms with Crippen molar-refractivity contribution in [2.45, 2.75) is 30.7 Å². The summed E-state index contributed by atoms with van der Waals surface area (Å²) in [7, 11) is 0. The minimum atomic E-state index is -0.158. The average Bonchev–Trinajstić information content (AvgIpc) is 3.02. The van der Waals surface area contributed by atoms with E-state index in [4.69, 9.17) is 11.6 Å². The van der Waals surface area contributed by atoms with Crippen LogP contribution in [0, 0.1) is 6.92 Å². The number of nitrogens with zero attached hydrogens (tertiary/aromatic N) is 3. The van der Waals surface area contributed by atoms with Crippen LogP contribution in [0.25, 0.3) is 0 Å². The fourth-order valence-electron chi connectivity index (χ4n) is 2.90. The SMILES string of the molecule is Cc1c(C(=O)NCCSc2ccc(Cl)cc2)nnn1C1CCNCC1. The van der Waals surface area contributed by atoms with Crippen LogP contribution in [0.4, 0.5) is 0 Å². The van der Waals surface area contributed by atoms with Gasteiger partial charge in [-0.15, -0.1) is 16.9 Å². The molecule has 1 aliphatic heterocycles. The molecule has 0 aliphatic carbocycles. The number of carbonyl (C=O) groups is 1. The van der Waals surface area contributed by atoms with Gasteiger partial charge in [0.05, 0.1) is 11.7 Å². The van der Waals surface area contributed by atoms with Gasteiger partial charge >= 0.3 is 0 Å². The first-order chi connectivity index (χ1) is 12.1. The van der Waals surface area contributed by atoms with Crippen molar-refractivity contribution in [1.29, 1.82) is 0 Å². The van der Waals surface area contributed by atoms with Crippen LogP contribution >= 0.6 is 23.4 Å². The van der Waals surface area contributed by atoms with E-state index in [1.54, 1.807) is 11.8 Å². The minimum absolute atomic E-state index is 0.158. The molecule has 1 aliphatic rings. The molecule has 0 unspecified atom stereocenters. The number of amides is 1. The molecule has 2 aromatic rings. The van der Waals surface area contributed by atoms with Gasteiger partial charge in [-0.05, 0) is 57.1 Å². The molecule has 3 rings (SSSR count). The van der Waals surface area contributed by atoms with Crippen molar-refractivity contribution in [3.63, 3.8) is 0 Å². The number of nitrogens with one attached hydrogen (secondary N) is 2. The first-order valence-corrected chi connectivity index (χ1v) is 9.80. The van der Waals surface area contributed by atoms with Gasteiger partial charge in [-0.1, -0.05) is 16.8 Å². The van der Waals surface area contributed by atoms with Crippen molar-refractivity contribution in [3.8, 4) is 0 Å². The van der Waals surface area contributed by atoms with E-state index < -0.39 is 0 Å². The fraction of sp³-hybridized carbons (Fsp3) is 0.471. The predicted octanol–water partition coefficient (Wildman–Crippen LogP) is 2.69. The standard InChI is InChI=1S/C17H22ClN5OS/c1-12-16(21-22-23(12)14-6-8-19-9-7-14)17(24)20-10-11-25-15-4-2-13(18)3-5-15/h2-5,14,19H,6-11H2,1H3,(H,20,24). The zero-order valence-electron chi connectivity index (χ0n) is 14.2. The van der Waals surface area contributed by atoms with Gasteiger partial charge in [-0.2, -0.15) is 0 Å². The number of halogens is 1. The lowest BCUT2D eigenvalue weighted by molar-refractivity contribution is 0.0950. The highest BCUT2D eigenvalue weighted by atomic mass is 35.5. The highest BCUT2D eigenvalue weighted by molar-refractivity contribution is 7.99. The van der Waals surface area contributed by atoms with Gasteiger partial charge in [0.2, 0.25) is 0 Å². The molecule has 1 aromatic carbocycles. The summed E-state index contributed by atoms with van der Waals surface area (Å²) < 4.78 is 1.90. The van der Waals surface area contributed by atoms with E-state index in [0.717, 1.165) is 47.3 Å². The Kier molecular flexibility index (Phi) is 6.34. The van der Waals surface area contributed by atoms with Crippen molar-refractivity contribution in [3.05, 3.63) is 40.7 Å². The van der Waals surface area contributed by atoms with Gasteiger partial charge in [0, 0.05) is 22.2 Å². The minimum Gasteiger partial charge on any atom is -0.350 e. The quantitative estimate of drug-likeness (QED) is 0.596. The third-order valence-corrected chi connectivity index (χ3v) is 5.53. The Morgan fingerprint density at radius 1 is 1.36 bits per heavy atom. The van der Waals surface area contributed by atoms with E-state index in [1.165, 1.54) is 0 Å². The molecule has 8 heteroatoms. The van der Waals surface area contributed by atoms with Crippen molar-refractivity contribution < 1.29 is 4.79 Å². The maximum atomic E-state index is 12.4. The molecule has 1 fully saturated rings. The van der Waals surface area contributed by atoms with Gasteiger partial charge in [0.25, 0.3) is 5.91 Å². The summed E-state index contributed by atoms with van der Waals surface area (Å²) in [6.07, 6.45) is 2.03. The van der Waals surface area contributed by atoms with E-state index in [-0.39, 0.29) is 5.91 Å². The average molecular weight is 380 g/mol. The van der Waals surface area contributed by atoms with Crippen LogP contribution in [0.15, 0.2) is 29.2 Å². The number of rotatable bonds is 6. The van der Waals surface area contributed by atoms with E-state index >= 15 is 0 Å². The first kappa shape index (κ1) is 18.2. The van der Waals surface area contributed by atoms with Crippen LogP contribution in [-0.4, -0.2) is 46.3 Å². The summed E-state index contributed by atoms with van der Waals surface area (Å²) in [5.41, 5.74) is 1.27. The highest BCUT2D eigenvalue weighted by Gasteiger charge is 2.22. The Morgan fingerprint density at radius 3 is 2.80 bits per heavy atom. The van der Waals surface area contributed by atoms with Crippen LogP contribution in [-0.2, 0) is 0 Å². The highest BCUT2D eigenvalue weighted by Crippen LogP contribution is 2.21. The topological polar surface area (TPSA) is 71.8 Å². The van der Waals surface area contributed by atoms with Crippen LogP contribution in [0.2, 0.25) is 5.02 Å². The molecule has 0 radical (unpaired) electrons. The second-order valence-electron chi connectivity index (χ2n) is 6.01. The summed E-state index contributed by atoms with van der Waals surface area (Å²) in [5.74, 6) is 0.629. The fourth-order valence-corrected chi connectivity index (χ4v) is 3.79. The molecular weight excluding hydrogens is 358 g/mol. The van der Waals surface area contributed by atoms with E-state index in [0.29, 0.717) is 18.3 Å². The summed E-state index contributed by atoms with van der Waals surface area (Å²) in [6, 6.07) is 8.01. The molecule has 0 saturated carbocycles. The van der Waals surface area contributed by atoms with Crippen LogP contribution < -0.4 is 10.6 Å². The number of hydrogen-bond donors (Lipinski definition) is 2. The smallest absolute Gasteiger partial charge is 0.273 e. The van der Waals surface area contributed by atoms with Crippen molar-refractivity contribution in [1.82, 2.24) is 25.6 Å². The van der Waals surface area contributed by atoms with Crippen LogP contribution in [0.1, 0.15) is 35.1 Å². The molecule has 1 aromatic heterocycles. The third-order valence-electron chi connectivity index (χ3n) is 4.27. The largest absolute Gasteiger partial charge is 0.350 e. The Morgan fingerprint density at radius 2 is 2.08 bits per heavy atom. The number of thioether (sulfide) groups is 1. The van der Waals surface area contributed by atoms with Crippen molar-refractivity contribution >= 4 is 29.3 Å². The molecule has 2 N–H and O–H groups in total. The molecule has 1 saturated heterocycles. The predicted molar refractivity (Wildman–Crippen MR) is 100 cm³/mol. The van der Waals surface area contributed by atoms with E-state index in [2.05, 4.69) is 20.9 Å². The van der Waals surface area contributed by atoms with Crippen LogP contribution in [0.5, 0.6) is 0 Å². The maximum Gasteiger partial charge on any atom is 0.273 e. The van der Waals surface area contributed by atoms with E-state index in [1.807, 2.05) is 35.9 Å². The van der Waals surface area contributed by atoms with Gasteiger partial charge < -0.3 is 10.6 Å². The van der Waals surface area contributed by atoms with Crippen LogP contribution in [0.3, 0.4) is 0 Å². The molecule has 0 spiro atoms. The summed E-state index contributed by atoms with van der Waals surface area (Å²) >= 11 is 7.55. The number of benzene rings is 1. The lowest BCUT2D eigenvalue weighted by Gasteiger charge is -2.23. The second kappa shape index (κ2) is 8.69. The van der Waals surface area contributed by atoms with Crippen molar-refractivity contribution in [2.75, 3.05) is 25.4 Å². The molecule has 0 bridgehead atoms. The second-order valence-corrected chi connectivity index (χ2v) is 7.61. The first-order valence-electron chi connectivity index (χ1n) is 8.44. The summed E-state index contributed by atoms with van der Waals surface area (Å²) in [4.78, 5) is 13.5. The molecular formula is C17H22ClN5OS. The summed E-state index contributed by atoms with van der Waals surface area (Å²) in [5, 5.41) is 15.3. The normalized spacial score (nSPS) is 15.3. The molecule has 134 valence electrons. The Bertz CT molecular complexity index is 712. The van der Waals surface area contributed by atoms with Gasteiger partial charge in [-0.3, -0.25) is 4.79 Å². The number of aromatic nitrogens is 3. The maximum absolute atomic E-state index is 12.4. The van der Waals surface area contributed by atoms with E-state index in [9.17, 15) is 4.79 Å². The summed E-state index contributed by atoms with van der Waals surface area (Å²) in [6.45, 7) is 4.45. The zero-order valence-corrected chi connectivity index (χ0v) is 15.7. The lowest BCUT2D eigenvalue weighted by atomic mass is 10.1. The molecule has 2 heterocycles. The molecule has 6 nitrogen and oxygen atoms in total. The number of piperidine rings is 1. The monoisotopic (exact) mass is 379 g/mol.